The van der Waals surface area contributed by atoms with Crippen LogP contribution in [-0.4, -0.2) is 34.9 Å². The Balaban J connectivity index is 1.29. The zero-order valence-electron chi connectivity index (χ0n) is 18.0. The molecule has 1 aromatic heterocycles. The van der Waals surface area contributed by atoms with Gasteiger partial charge in [-0.1, -0.05) is 36.4 Å². The summed E-state index contributed by atoms with van der Waals surface area (Å²) < 4.78 is 33.3. The van der Waals surface area contributed by atoms with Crippen LogP contribution in [0.25, 0.3) is 10.9 Å². The third-order valence-electron chi connectivity index (χ3n) is 6.45. The minimum Gasteiger partial charge on any atom is -0.391 e. The molecule has 0 amide bonds. The van der Waals surface area contributed by atoms with Gasteiger partial charge in [-0.3, -0.25) is 0 Å². The molecule has 0 spiro atoms. The van der Waals surface area contributed by atoms with E-state index in [4.69, 9.17) is 4.74 Å². The van der Waals surface area contributed by atoms with E-state index in [0.29, 0.717) is 19.6 Å². The highest BCUT2D eigenvalue weighted by molar-refractivity contribution is 5.79. The first kappa shape index (κ1) is 21.8. The number of rotatable bonds is 6. The lowest BCUT2D eigenvalue weighted by atomic mass is 9.82. The van der Waals surface area contributed by atoms with E-state index in [9.17, 15) is 13.9 Å². The van der Waals surface area contributed by atoms with E-state index < -0.39 is 6.10 Å². The van der Waals surface area contributed by atoms with Gasteiger partial charge in [0.05, 0.1) is 24.9 Å². The molecule has 4 aromatic rings. The van der Waals surface area contributed by atoms with Gasteiger partial charge in [0.25, 0.3) is 0 Å². The summed E-state index contributed by atoms with van der Waals surface area (Å²) in [5.74, 6) is -0.872. The zero-order valence-corrected chi connectivity index (χ0v) is 18.0. The van der Waals surface area contributed by atoms with Gasteiger partial charge in [-0.05, 0) is 58.5 Å². The van der Waals surface area contributed by atoms with Gasteiger partial charge in [0, 0.05) is 30.6 Å². The molecule has 0 radical (unpaired) electrons. The lowest BCUT2D eigenvalue weighted by molar-refractivity contribution is -0.0718. The van der Waals surface area contributed by atoms with Crippen molar-refractivity contribution in [2.24, 2.45) is 0 Å². The van der Waals surface area contributed by atoms with Crippen LogP contribution in [-0.2, 0) is 11.3 Å². The van der Waals surface area contributed by atoms with Gasteiger partial charge in [0.1, 0.15) is 11.6 Å². The lowest BCUT2D eigenvalue weighted by Gasteiger charge is -2.38. The summed E-state index contributed by atoms with van der Waals surface area (Å²) in [6.45, 7) is 0.958. The number of hydrogen-bond donors (Lipinski definition) is 3. The van der Waals surface area contributed by atoms with Crippen molar-refractivity contribution >= 4 is 10.9 Å². The maximum Gasteiger partial charge on any atom is 0.123 e. The van der Waals surface area contributed by atoms with Crippen LogP contribution in [0.3, 0.4) is 0 Å². The molecule has 1 aliphatic heterocycles. The summed E-state index contributed by atoms with van der Waals surface area (Å²) in [5.41, 5.74) is 3.93. The summed E-state index contributed by atoms with van der Waals surface area (Å²) in [6.07, 6.45) is 1.40. The Bertz CT molecular complexity index is 1160. The molecular formula is C27H26F2N2O2. The van der Waals surface area contributed by atoms with Crippen LogP contribution in [0.5, 0.6) is 0 Å². The molecule has 0 saturated carbocycles. The molecule has 2 heterocycles. The minimum atomic E-state index is -0.610. The van der Waals surface area contributed by atoms with Gasteiger partial charge >= 0.3 is 0 Å². The van der Waals surface area contributed by atoms with E-state index in [1.54, 1.807) is 24.3 Å². The molecule has 0 aliphatic carbocycles. The first-order valence-corrected chi connectivity index (χ1v) is 11.2. The maximum absolute atomic E-state index is 13.5. The number of nitrogens with one attached hydrogen (secondary N) is 2. The van der Waals surface area contributed by atoms with Crippen molar-refractivity contribution in [3.05, 3.63) is 107 Å². The first-order valence-electron chi connectivity index (χ1n) is 11.2. The Labute approximate surface area is 191 Å². The number of aromatic nitrogens is 1. The summed E-state index contributed by atoms with van der Waals surface area (Å²) >= 11 is 0. The number of fused-ring (bicyclic) bond motifs is 1. The fourth-order valence-electron chi connectivity index (χ4n) is 4.65. The van der Waals surface area contributed by atoms with Crippen LogP contribution in [0.4, 0.5) is 8.78 Å². The molecule has 5 rings (SSSR count). The number of halogens is 2. The molecule has 4 nitrogen and oxygen atoms in total. The average Bonchev–Trinajstić information content (AvgIpc) is 3.29. The fourth-order valence-corrected chi connectivity index (χ4v) is 4.65. The second-order valence-electron chi connectivity index (χ2n) is 8.64. The van der Waals surface area contributed by atoms with E-state index in [1.807, 2.05) is 12.3 Å². The Morgan fingerprint density at radius 2 is 1.61 bits per heavy atom. The lowest BCUT2D eigenvalue weighted by Crippen LogP contribution is -2.50. The molecule has 3 aromatic carbocycles. The van der Waals surface area contributed by atoms with Gasteiger partial charge < -0.3 is 20.1 Å². The molecule has 3 unspecified atom stereocenters. The van der Waals surface area contributed by atoms with Gasteiger partial charge in [-0.2, -0.15) is 0 Å². The number of hydrogen-bond acceptors (Lipinski definition) is 3. The molecule has 3 N–H and O–H groups in total. The summed E-state index contributed by atoms with van der Waals surface area (Å²) in [5, 5.41) is 15.5. The van der Waals surface area contributed by atoms with E-state index in [1.165, 1.54) is 24.3 Å². The van der Waals surface area contributed by atoms with Crippen LogP contribution in [0.15, 0.2) is 79.0 Å². The topological polar surface area (TPSA) is 57.3 Å². The van der Waals surface area contributed by atoms with Crippen LogP contribution in [0.1, 0.15) is 29.0 Å². The standard InChI is InChI=1S/C27H26F2N2O2/c28-21-7-3-19(4-8-21)27(20-5-9-22(29)10-6-20)26-14-25(32)24(16-33-26)31-15-17-1-2-18-11-12-30-23(18)13-17/h1-13,24-27,30-32H,14-16H2. The maximum atomic E-state index is 13.5. The van der Waals surface area contributed by atoms with E-state index in [0.717, 1.165) is 27.6 Å². The fraction of sp³-hybridized carbons (Fsp3) is 0.259. The second kappa shape index (κ2) is 9.43. The average molecular weight is 449 g/mol. The third-order valence-corrected chi connectivity index (χ3v) is 6.45. The van der Waals surface area contributed by atoms with E-state index in [-0.39, 0.29) is 29.7 Å². The number of ether oxygens (including phenoxy) is 1. The van der Waals surface area contributed by atoms with Crippen LogP contribution in [0, 0.1) is 11.6 Å². The van der Waals surface area contributed by atoms with Crippen molar-refractivity contribution in [2.75, 3.05) is 6.61 Å². The van der Waals surface area contributed by atoms with Gasteiger partial charge in [0.2, 0.25) is 0 Å². The predicted octanol–water partition coefficient (Wildman–Crippen LogP) is 4.89. The minimum absolute atomic E-state index is 0.206. The number of aromatic amines is 1. The monoisotopic (exact) mass is 448 g/mol. The van der Waals surface area contributed by atoms with E-state index >= 15 is 0 Å². The van der Waals surface area contributed by atoms with Crippen molar-refractivity contribution in [3.63, 3.8) is 0 Å². The second-order valence-corrected chi connectivity index (χ2v) is 8.64. The molecular weight excluding hydrogens is 422 g/mol. The van der Waals surface area contributed by atoms with Gasteiger partial charge in [0.15, 0.2) is 0 Å². The quantitative estimate of drug-likeness (QED) is 0.394. The number of H-pyrrole nitrogens is 1. The van der Waals surface area contributed by atoms with Crippen molar-refractivity contribution in [1.82, 2.24) is 10.3 Å². The largest absolute Gasteiger partial charge is 0.391 e. The number of benzene rings is 3. The SMILES string of the molecule is OC1CC(C(c2ccc(F)cc2)c2ccc(F)cc2)OCC1NCc1ccc2cc[nH]c2c1. The molecule has 0 bridgehead atoms. The summed E-state index contributed by atoms with van der Waals surface area (Å²) in [7, 11) is 0. The molecule has 1 saturated heterocycles. The normalized spacial score (nSPS) is 21.0. The van der Waals surface area contributed by atoms with Crippen molar-refractivity contribution in [2.45, 2.75) is 37.1 Å². The van der Waals surface area contributed by atoms with Crippen molar-refractivity contribution < 1.29 is 18.6 Å². The van der Waals surface area contributed by atoms with Crippen LogP contribution in [0.2, 0.25) is 0 Å². The molecule has 33 heavy (non-hydrogen) atoms. The predicted molar refractivity (Wildman–Crippen MR) is 124 cm³/mol. The Kier molecular flexibility index (Phi) is 6.22. The molecule has 170 valence electrons. The highest BCUT2D eigenvalue weighted by Crippen LogP contribution is 2.35. The summed E-state index contributed by atoms with van der Waals surface area (Å²) in [6, 6.07) is 20.6. The zero-order chi connectivity index (χ0) is 22.8. The van der Waals surface area contributed by atoms with Crippen molar-refractivity contribution in [3.8, 4) is 0 Å². The van der Waals surface area contributed by atoms with Crippen LogP contribution >= 0.6 is 0 Å². The number of aliphatic hydroxyl groups is 1. The van der Waals surface area contributed by atoms with Gasteiger partial charge in [-0.25, -0.2) is 8.78 Å². The smallest absolute Gasteiger partial charge is 0.123 e. The highest BCUT2D eigenvalue weighted by atomic mass is 19.1. The molecule has 1 fully saturated rings. The first-order chi connectivity index (χ1) is 16.1. The molecule has 3 atom stereocenters. The Hall–Kier alpha value is -3.06. The van der Waals surface area contributed by atoms with Gasteiger partial charge in [-0.15, -0.1) is 0 Å². The van der Waals surface area contributed by atoms with Crippen LogP contribution < -0.4 is 5.32 Å². The molecule has 6 heteroatoms. The Morgan fingerprint density at radius 3 is 2.24 bits per heavy atom. The van der Waals surface area contributed by atoms with E-state index in [2.05, 4.69) is 28.5 Å². The Morgan fingerprint density at radius 1 is 0.939 bits per heavy atom. The summed E-state index contributed by atoms with van der Waals surface area (Å²) in [4.78, 5) is 3.21. The third kappa shape index (κ3) is 4.83. The van der Waals surface area contributed by atoms with Crippen molar-refractivity contribution in [1.29, 1.82) is 0 Å². The number of aliphatic hydroxyl groups excluding tert-OH is 1. The highest BCUT2D eigenvalue weighted by Gasteiger charge is 2.35. The molecule has 1 aliphatic rings.